The molecular formula is C15H22FN3O2. The van der Waals surface area contributed by atoms with Gasteiger partial charge in [-0.15, -0.1) is 0 Å². The van der Waals surface area contributed by atoms with Gasteiger partial charge < -0.3 is 20.3 Å². The Morgan fingerprint density at radius 2 is 2.14 bits per heavy atom. The van der Waals surface area contributed by atoms with Gasteiger partial charge in [-0.1, -0.05) is 0 Å². The number of amides is 1. The Morgan fingerprint density at radius 1 is 1.38 bits per heavy atom. The lowest BCUT2D eigenvalue weighted by Gasteiger charge is -2.18. The van der Waals surface area contributed by atoms with E-state index in [1.165, 1.54) is 6.07 Å². The Balaban J connectivity index is 1.86. The first-order chi connectivity index (χ1) is 10.2. The fraction of sp³-hybridized carbons (Fsp3) is 0.533. The first-order valence-corrected chi connectivity index (χ1v) is 7.24. The smallest absolute Gasteiger partial charge is 0.238 e. The van der Waals surface area contributed by atoms with Gasteiger partial charge in [-0.3, -0.25) is 4.79 Å². The summed E-state index contributed by atoms with van der Waals surface area (Å²) in [5.74, 6) is -0.485. The number of nitrogens with zero attached hydrogens (tertiary/aromatic N) is 1. The number of nitrogens with one attached hydrogen (secondary N) is 2. The molecule has 1 aromatic rings. The van der Waals surface area contributed by atoms with Crippen molar-refractivity contribution in [3.63, 3.8) is 0 Å². The fourth-order valence-electron chi connectivity index (χ4n) is 2.38. The minimum Gasteiger partial charge on any atom is -0.383 e. The predicted octanol–water partition coefficient (Wildman–Crippen LogP) is 1.60. The molecule has 2 rings (SSSR count). The lowest BCUT2D eigenvalue weighted by atomic mass is 10.2. The number of hydrogen-bond donors (Lipinski definition) is 2. The minimum absolute atomic E-state index is 0.179. The standard InChI is InChI=1S/C15H22FN3O2/c1-21-9-6-17-11-15(20)18-12-4-5-14(13(16)10-12)19-7-2-3-8-19/h4-5,10,17H,2-3,6-9,11H2,1H3,(H,18,20). The van der Waals surface area contributed by atoms with Crippen molar-refractivity contribution in [1.82, 2.24) is 5.32 Å². The molecule has 0 radical (unpaired) electrons. The fourth-order valence-corrected chi connectivity index (χ4v) is 2.38. The zero-order valence-corrected chi connectivity index (χ0v) is 12.3. The molecule has 0 bridgehead atoms. The van der Waals surface area contributed by atoms with Crippen LogP contribution in [0.2, 0.25) is 0 Å². The van der Waals surface area contributed by atoms with Gasteiger partial charge in [-0.05, 0) is 31.0 Å². The van der Waals surface area contributed by atoms with Crippen molar-refractivity contribution in [3.8, 4) is 0 Å². The molecule has 21 heavy (non-hydrogen) atoms. The number of benzene rings is 1. The zero-order chi connectivity index (χ0) is 15.1. The van der Waals surface area contributed by atoms with Crippen LogP contribution in [0.1, 0.15) is 12.8 Å². The van der Waals surface area contributed by atoms with Gasteiger partial charge in [-0.2, -0.15) is 0 Å². The van der Waals surface area contributed by atoms with E-state index >= 15 is 0 Å². The summed E-state index contributed by atoms with van der Waals surface area (Å²) in [5, 5.41) is 5.61. The van der Waals surface area contributed by atoms with Crippen LogP contribution in [-0.2, 0) is 9.53 Å². The Labute approximate surface area is 124 Å². The average molecular weight is 295 g/mol. The highest BCUT2D eigenvalue weighted by molar-refractivity contribution is 5.92. The molecule has 6 heteroatoms. The van der Waals surface area contributed by atoms with Gasteiger partial charge in [0.2, 0.25) is 5.91 Å². The molecule has 2 N–H and O–H groups in total. The number of carbonyl (C=O) groups excluding carboxylic acids is 1. The van der Waals surface area contributed by atoms with E-state index in [9.17, 15) is 9.18 Å². The van der Waals surface area contributed by atoms with Crippen LogP contribution in [0.3, 0.4) is 0 Å². The lowest BCUT2D eigenvalue weighted by Crippen LogP contribution is -2.30. The Morgan fingerprint density at radius 3 is 2.81 bits per heavy atom. The summed E-state index contributed by atoms with van der Waals surface area (Å²) in [6, 6.07) is 4.85. The van der Waals surface area contributed by atoms with Crippen LogP contribution in [0.4, 0.5) is 15.8 Å². The third-order valence-corrected chi connectivity index (χ3v) is 3.45. The monoisotopic (exact) mass is 295 g/mol. The van der Waals surface area contributed by atoms with Gasteiger partial charge in [0, 0.05) is 32.4 Å². The van der Waals surface area contributed by atoms with Crippen molar-refractivity contribution >= 4 is 17.3 Å². The number of ether oxygens (including phenoxy) is 1. The molecular weight excluding hydrogens is 273 g/mol. The van der Waals surface area contributed by atoms with E-state index in [0.29, 0.717) is 24.5 Å². The van der Waals surface area contributed by atoms with Crippen molar-refractivity contribution in [2.75, 3.05) is 50.1 Å². The first-order valence-electron chi connectivity index (χ1n) is 7.24. The van der Waals surface area contributed by atoms with Gasteiger partial charge in [0.05, 0.1) is 18.8 Å². The maximum Gasteiger partial charge on any atom is 0.238 e. The number of halogens is 1. The first kappa shape index (κ1) is 15.7. The molecule has 1 aliphatic rings. The summed E-state index contributed by atoms with van der Waals surface area (Å²) in [5.41, 5.74) is 1.10. The minimum atomic E-state index is -0.290. The van der Waals surface area contributed by atoms with E-state index in [1.54, 1.807) is 19.2 Å². The molecule has 1 aromatic carbocycles. The summed E-state index contributed by atoms with van der Waals surface area (Å²) in [6.07, 6.45) is 2.20. The number of anilines is 2. The molecule has 0 unspecified atom stereocenters. The summed E-state index contributed by atoms with van der Waals surface area (Å²) in [4.78, 5) is 13.7. The van der Waals surface area contributed by atoms with Crippen LogP contribution in [0.5, 0.6) is 0 Å². The summed E-state index contributed by atoms with van der Waals surface area (Å²) >= 11 is 0. The van der Waals surface area contributed by atoms with Crippen LogP contribution in [0, 0.1) is 5.82 Å². The molecule has 1 aliphatic heterocycles. The summed E-state index contributed by atoms with van der Waals surface area (Å²) in [7, 11) is 1.60. The van der Waals surface area contributed by atoms with Gasteiger partial charge in [0.15, 0.2) is 0 Å². The number of methoxy groups -OCH3 is 1. The number of rotatable bonds is 7. The van der Waals surface area contributed by atoms with E-state index in [0.717, 1.165) is 25.9 Å². The van der Waals surface area contributed by atoms with E-state index in [4.69, 9.17) is 4.74 Å². The Hall–Kier alpha value is -1.66. The largest absolute Gasteiger partial charge is 0.383 e. The molecule has 1 amide bonds. The highest BCUT2D eigenvalue weighted by Gasteiger charge is 2.16. The van der Waals surface area contributed by atoms with Gasteiger partial charge in [0.25, 0.3) is 0 Å². The van der Waals surface area contributed by atoms with Crippen LogP contribution in [0.25, 0.3) is 0 Å². The number of hydrogen-bond acceptors (Lipinski definition) is 4. The average Bonchev–Trinajstić information content (AvgIpc) is 2.98. The van der Waals surface area contributed by atoms with Crippen LogP contribution >= 0.6 is 0 Å². The molecule has 0 aromatic heterocycles. The highest BCUT2D eigenvalue weighted by atomic mass is 19.1. The lowest BCUT2D eigenvalue weighted by molar-refractivity contribution is -0.115. The summed E-state index contributed by atoms with van der Waals surface area (Å²) < 4.78 is 19.0. The van der Waals surface area contributed by atoms with E-state index in [2.05, 4.69) is 10.6 Å². The molecule has 1 fully saturated rings. The van der Waals surface area contributed by atoms with Crippen LogP contribution in [0.15, 0.2) is 18.2 Å². The topological polar surface area (TPSA) is 53.6 Å². The van der Waals surface area contributed by atoms with Gasteiger partial charge >= 0.3 is 0 Å². The summed E-state index contributed by atoms with van der Waals surface area (Å²) in [6.45, 7) is 3.12. The molecule has 5 nitrogen and oxygen atoms in total. The van der Waals surface area contributed by atoms with Crippen LogP contribution < -0.4 is 15.5 Å². The Bertz CT molecular complexity index is 476. The second-order valence-corrected chi connectivity index (χ2v) is 5.08. The Kier molecular flexibility index (Phi) is 5.95. The van der Waals surface area contributed by atoms with Gasteiger partial charge in [0.1, 0.15) is 5.82 Å². The SMILES string of the molecule is COCCNCC(=O)Nc1ccc(N2CCCC2)c(F)c1. The normalized spacial score (nSPS) is 14.5. The number of carbonyl (C=O) groups is 1. The molecule has 0 aliphatic carbocycles. The van der Waals surface area contributed by atoms with Crippen molar-refractivity contribution in [2.24, 2.45) is 0 Å². The molecule has 0 spiro atoms. The second kappa shape index (κ2) is 7.95. The zero-order valence-electron chi connectivity index (χ0n) is 12.3. The molecule has 1 saturated heterocycles. The maximum atomic E-state index is 14.1. The third-order valence-electron chi connectivity index (χ3n) is 3.45. The molecule has 1 heterocycles. The maximum absolute atomic E-state index is 14.1. The van der Waals surface area contributed by atoms with E-state index in [-0.39, 0.29) is 18.3 Å². The molecule has 0 atom stereocenters. The molecule has 0 saturated carbocycles. The highest BCUT2D eigenvalue weighted by Crippen LogP contribution is 2.25. The van der Waals surface area contributed by atoms with Crippen molar-refractivity contribution in [2.45, 2.75) is 12.8 Å². The van der Waals surface area contributed by atoms with E-state index < -0.39 is 0 Å². The van der Waals surface area contributed by atoms with Gasteiger partial charge in [-0.25, -0.2) is 4.39 Å². The third kappa shape index (κ3) is 4.68. The van der Waals surface area contributed by atoms with E-state index in [1.807, 2.05) is 4.90 Å². The molecule has 116 valence electrons. The van der Waals surface area contributed by atoms with Crippen molar-refractivity contribution in [3.05, 3.63) is 24.0 Å². The van der Waals surface area contributed by atoms with Crippen molar-refractivity contribution < 1.29 is 13.9 Å². The predicted molar refractivity (Wildman–Crippen MR) is 81.2 cm³/mol. The second-order valence-electron chi connectivity index (χ2n) is 5.08. The van der Waals surface area contributed by atoms with Crippen LogP contribution in [-0.4, -0.2) is 45.8 Å². The quantitative estimate of drug-likeness (QED) is 0.750. The van der Waals surface area contributed by atoms with Crippen molar-refractivity contribution in [1.29, 1.82) is 0 Å².